The molecule has 0 aromatic heterocycles. The highest BCUT2D eigenvalue weighted by atomic mass is 35.5. The van der Waals surface area contributed by atoms with E-state index in [0.29, 0.717) is 19.1 Å². The predicted molar refractivity (Wildman–Crippen MR) is 87.5 cm³/mol. The molecule has 2 rings (SSSR count). The van der Waals surface area contributed by atoms with Crippen LogP contribution in [0.5, 0.6) is 0 Å². The third-order valence-corrected chi connectivity index (χ3v) is 3.90. The summed E-state index contributed by atoms with van der Waals surface area (Å²) < 4.78 is 4.94. The normalized spacial score (nSPS) is 15.3. The predicted octanol–water partition coefficient (Wildman–Crippen LogP) is 2.26. The second kappa shape index (κ2) is 9.03. The van der Waals surface area contributed by atoms with Crippen molar-refractivity contribution in [2.75, 3.05) is 33.4 Å². The van der Waals surface area contributed by atoms with E-state index in [4.69, 9.17) is 4.74 Å². The van der Waals surface area contributed by atoms with Crippen LogP contribution in [0, 0.1) is 6.92 Å². The fraction of sp³-hybridized carbons (Fsp3) is 0.562. The van der Waals surface area contributed by atoms with Gasteiger partial charge in [-0.25, -0.2) is 0 Å². The minimum atomic E-state index is -0.0172. The number of methoxy groups -OCH3 is 1. The standard InChI is InChI=1S/C16H24N2O2.ClH/c1-12-11-14(13-5-7-17-8-6-13)3-4-15(12)16(19)18-9-10-20-2;/h3-4,11,13,17H,5-10H2,1-2H3,(H,18,19);1H. The smallest absolute Gasteiger partial charge is 0.251 e. The van der Waals surface area contributed by atoms with Gasteiger partial charge >= 0.3 is 0 Å². The van der Waals surface area contributed by atoms with Crippen LogP contribution in [0.4, 0.5) is 0 Å². The van der Waals surface area contributed by atoms with Crippen LogP contribution in [0.15, 0.2) is 18.2 Å². The molecule has 1 aromatic carbocycles. The number of rotatable bonds is 5. The molecule has 0 bridgehead atoms. The summed E-state index contributed by atoms with van der Waals surface area (Å²) in [6.45, 7) is 5.27. The molecule has 1 saturated heterocycles. The maximum atomic E-state index is 12.1. The lowest BCUT2D eigenvalue weighted by molar-refractivity contribution is 0.0936. The van der Waals surface area contributed by atoms with Gasteiger partial charge in [0.1, 0.15) is 0 Å². The first-order valence-corrected chi connectivity index (χ1v) is 7.30. The summed E-state index contributed by atoms with van der Waals surface area (Å²) in [6.07, 6.45) is 2.36. The second-order valence-electron chi connectivity index (χ2n) is 5.35. The molecular formula is C16H25ClN2O2. The zero-order valence-electron chi connectivity index (χ0n) is 12.8. The maximum Gasteiger partial charge on any atom is 0.251 e. The minimum absolute atomic E-state index is 0. The molecule has 5 heteroatoms. The number of nitrogens with one attached hydrogen (secondary N) is 2. The number of benzene rings is 1. The van der Waals surface area contributed by atoms with E-state index in [1.807, 2.05) is 13.0 Å². The number of carbonyl (C=O) groups excluding carboxylic acids is 1. The van der Waals surface area contributed by atoms with Crippen molar-refractivity contribution in [3.63, 3.8) is 0 Å². The molecule has 2 N–H and O–H groups in total. The van der Waals surface area contributed by atoms with E-state index in [1.54, 1.807) is 7.11 Å². The highest BCUT2D eigenvalue weighted by Gasteiger charge is 2.17. The number of carbonyl (C=O) groups is 1. The third-order valence-electron chi connectivity index (χ3n) is 3.90. The molecule has 1 aromatic rings. The Morgan fingerprint density at radius 3 is 2.71 bits per heavy atom. The Bertz CT molecular complexity index is 460. The highest BCUT2D eigenvalue weighted by Crippen LogP contribution is 2.26. The summed E-state index contributed by atoms with van der Waals surface area (Å²) in [6, 6.07) is 6.23. The number of hydrogen-bond donors (Lipinski definition) is 2. The molecule has 1 fully saturated rings. The van der Waals surface area contributed by atoms with Gasteiger partial charge < -0.3 is 15.4 Å². The van der Waals surface area contributed by atoms with E-state index < -0.39 is 0 Å². The van der Waals surface area contributed by atoms with Crippen LogP contribution in [0.2, 0.25) is 0 Å². The number of piperidine rings is 1. The van der Waals surface area contributed by atoms with Crippen LogP contribution >= 0.6 is 12.4 Å². The van der Waals surface area contributed by atoms with Crippen LogP contribution in [-0.4, -0.2) is 39.3 Å². The van der Waals surface area contributed by atoms with Crippen molar-refractivity contribution in [3.8, 4) is 0 Å². The Labute approximate surface area is 133 Å². The van der Waals surface area contributed by atoms with Gasteiger partial charge in [0.05, 0.1) is 6.61 Å². The van der Waals surface area contributed by atoms with Crippen molar-refractivity contribution in [3.05, 3.63) is 34.9 Å². The van der Waals surface area contributed by atoms with Crippen LogP contribution in [0.25, 0.3) is 0 Å². The number of ether oxygens (including phenoxy) is 1. The summed E-state index contributed by atoms with van der Waals surface area (Å²) in [4.78, 5) is 12.1. The van der Waals surface area contributed by atoms with Crippen molar-refractivity contribution < 1.29 is 9.53 Å². The molecule has 1 aliphatic heterocycles. The minimum Gasteiger partial charge on any atom is -0.383 e. The maximum absolute atomic E-state index is 12.1. The summed E-state index contributed by atoms with van der Waals surface area (Å²) in [5, 5.41) is 6.25. The third kappa shape index (κ3) is 4.99. The number of amides is 1. The molecule has 21 heavy (non-hydrogen) atoms. The van der Waals surface area contributed by atoms with Crippen molar-refractivity contribution in [2.24, 2.45) is 0 Å². The first kappa shape index (κ1) is 18.0. The Morgan fingerprint density at radius 1 is 1.38 bits per heavy atom. The highest BCUT2D eigenvalue weighted by molar-refractivity contribution is 5.95. The van der Waals surface area contributed by atoms with Gasteiger partial charge in [-0.15, -0.1) is 12.4 Å². The Hall–Kier alpha value is -1.10. The summed E-state index contributed by atoms with van der Waals surface area (Å²) in [5.74, 6) is 0.608. The molecule has 0 unspecified atom stereocenters. The molecule has 118 valence electrons. The number of halogens is 1. The zero-order chi connectivity index (χ0) is 14.4. The van der Waals surface area contributed by atoms with Crippen molar-refractivity contribution in [2.45, 2.75) is 25.7 Å². The molecule has 0 atom stereocenters. The van der Waals surface area contributed by atoms with Gasteiger partial charge in [-0.2, -0.15) is 0 Å². The lowest BCUT2D eigenvalue weighted by atomic mass is 9.88. The Balaban J connectivity index is 0.00000220. The number of aryl methyl sites for hydroxylation is 1. The quantitative estimate of drug-likeness (QED) is 0.820. The van der Waals surface area contributed by atoms with E-state index in [9.17, 15) is 4.79 Å². The molecule has 0 saturated carbocycles. The molecule has 0 spiro atoms. The van der Waals surface area contributed by atoms with Gasteiger partial charge in [-0.3, -0.25) is 4.79 Å². The molecule has 4 nitrogen and oxygen atoms in total. The fourth-order valence-electron chi connectivity index (χ4n) is 2.71. The average molecular weight is 313 g/mol. The van der Waals surface area contributed by atoms with Crippen LogP contribution in [0.1, 0.15) is 40.2 Å². The lowest BCUT2D eigenvalue weighted by Crippen LogP contribution is -2.28. The van der Waals surface area contributed by atoms with E-state index in [1.165, 1.54) is 18.4 Å². The second-order valence-corrected chi connectivity index (χ2v) is 5.35. The van der Waals surface area contributed by atoms with Crippen molar-refractivity contribution in [1.29, 1.82) is 0 Å². The van der Waals surface area contributed by atoms with Gasteiger partial charge in [0.25, 0.3) is 5.91 Å². The fourth-order valence-corrected chi connectivity index (χ4v) is 2.71. The Kier molecular flexibility index (Phi) is 7.72. The van der Waals surface area contributed by atoms with Crippen molar-refractivity contribution >= 4 is 18.3 Å². The van der Waals surface area contributed by atoms with E-state index in [-0.39, 0.29) is 18.3 Å². The average Bonchev–Trinajstić information content (AvgIpc) is 2.48. The molecule has 0 aliphatic carbocycles. The summed E-state index contributed by atoms with van der Waals surface area (Å²) in [7, 11) is 1.63. The Morgan fingerprint density at radius 2 is 2.10 bits per heavy atom. The molecule has 1 heterocycles. The van der Waals surface area contributed by atoms with Gasteiger partial charge in [0.15, 0.2) is 0 Å². The van der Waals surface area contributed by atoms with E-state index in [0.717, 1.165) is 24.2 Å². The first-order valence-electron chi connectivity index (χ1n) is 7.30. The van der Waals surface area contributed by atoms with Crippen LogP contribution in [-0.2, 0) is 4.74 Å². The van der Waals surface area contributed by atoms with Crippen LogP contribution in [0.3, 0.4) is 0 Å². The zero-order valence-corrected chi connectivity index (χ0v) is 13.6. The van der Waals surface area contributed by atoms with Crippen molar-refractivity contribution in [1.82, 2.24) is 10.6 Å². The van der Waals surface area contributed by atoms with Gasteiger partial charge in [-0.1, -0.05) is 12.1 Å². The molecular weight excluding hydrogens is 288 g/mol. The van der Waals surface area contributed by atoms with Gasteiger partial charge in [0.2, 0.25) is 0 Å². The lowest BCUT2D eigenvalue weighted by Gasteiger charge is -2.23. The van der Waals surface area contributed by atoms with E-state index in [2.05, 4.69) is 22.8 Å². The van der Waals surface area contributed by atoms with Gasteiger partial charge in [0, 0.05) is 19.2 Å². The monoisotopic (exact) mass is 312 g/mol. The van der Waals surface area contributed by atoms with E-state index >= 15 is 0 Å². The first-order chi connectivity index (χ1) is 9.72. The van der Waals surface area contributed by atoms with Gasteiger partial charge in [-0.05, 0) is 56.0 Å². The largest absolute Gasteiger partial charge is 0.383 e. The van der Waals surface area contributed by atoms with Crippen LogP contribution < -0.4 is 10.6 Å². The number of hydrogen-bond acceptors (Lipinski definition) is 3. The summed E-state index contributed by atoms with van der Waals surface area (Å²) in [5.41, 5.74) is 3.17. The molecule has 1 aliphatic rings. The molecule has 0 radical (unpaired) electrons. The SMILES string of the molecule is COCCNC(=O)c1ccc(C2CCNCC2)cc1C.Cl. The topological polar surface area (TPSA) is 50.4 Å². The molecule has 1 amide bonds. The summed E-state index contributed by atoms with van der Waals surface area (Å²) >= 11 is 0.